The Bertz CT molecular complexity index is 1090. The summed E-state index contributed by atoms with van der Waals surface area (Å²) in [6.07, 6.45) is 2.56. The first-order chi connectivity index (χ1) is 13.8. The quantitative estimate of drug-likeness (QED) is 0.542. The molecule has 0 aliphatic carbocycles. The predicted octanol–water partition coefficient (Wildman–Crippen LogP) is 2.77. The molecule has 0 aliphatic heterocycles. The van der Waals surface area contributed by atoms with Crippen LogP contribution >= 0.6 is 11.6 Å². The molecule has 0 fully saturated rings. The zero-order valence-corrected chi connectivity index (χ0v) is 16.7. The molecule has 3 aromatic rings. The second kappa shape index (κ2) is 8.62. The summed E-state index contributed by atoms with van der Waals surface area (Å²) < 4.78 is 24.9. The van der Waals surface area contributed by atoms with Crippen molar-refractivity contribution in [3.05, 3.63) is 58.0 Å². The van der Waals surface area contributed by atoms with Gasteiger partial charge in [0, 0.05) is 44.0 Å². The zero-order valence-electron chi connectivity index (χ0n) is 16.0. The minimum atomic E-state index is -0.669. The van der Waals surface area contributed by atoms with Gasteiger partial charge < -0.3 is 9.47 Å². The summed E-state index contributed by atoms with van der Waals surface area (Å²) in [6, 6.07) is 2.70. The summed E-state index contributed by atoms with van der Waals surface area (Å²) >= 11 is 6.05. The first-order valence-electron chi connectivity index (χ1n) is 8.64. The summed E-state index contributed by atoms with van der Waals surface area (Å²) in [4.78, 5) is 32.3. The van der Waals surface area contributed by atoms with Crippen LogP contribution in [0.1, 0.15) is 40.3 Å². The number of ether oxygens (including phenoxy) is 2. The Morgan fingerprint density at radius 2 is 1.97 bits per heavy atom. The predicted molar refractivity (Wildman–Crippen MR) is 101 cm³/mol. The minimum absolute atomic E-state index is 0.0167. The normalized spacial score (nSPS) is 12.2. The molecule has 0 spiro atoms. The van der Waals surface area contributed by atoms with Gasteiger partial charge in [-0.2, -0.15) is 4.39 Å². The zero-order chi connectivity index (χ0) is 21.1. The van der Waals surface area contributed by atoms with Crippen molar-refractivity contribution in [2.45, 2.75) is 25.9 Å². The molecule has 8 nitrogen and oxygen atoms in total. The van der Waals surface area contributed by atoms with Gasteiger partial charge >= 0.3 is 5.97 Å². The molecule has 3 rings (SSSR count). The van der Waals surface area contributed by atoms with E-state index in [0.717, 1.165) is 0 Å². The van der Waals surface area contributed by atoms with Crippen LogP contribution in [-0.4, -0.2) is 45.6 Å². The monoisotopic (exact) mass is 420 g/mol. The van der Waals surface area contributed by atoms with Gasteiger partial charge in [0.15, 0.2) is 11.3 Å². The molecule has 29 heavy (non-hydrogen) atoms. The average Bonchev–Trinajstić information content (AvgIpc) is 3.06. The Morgan fingerprint density at radius 1 is 1.21 bits per heavy atom. The van der Waals surface area contributed by atoms with E-state index in [1.54, 1.807) is 6.92 Å². The van der Waals surface area contributed by atoms with E-state index in [2.05, 4.69) is 19.8 Å². The van der Waals surface area contributed by atoms with Gasteiger partial charge in [-0.15, -0.1) is 5.10 Å². The van der Waals surface area contributed by atoms with Gasteiger partial charge in [0.2, 0.25) is 5.95 Å². The van der Waals surface area contributed by atoms with Gasteiger partial charge in [0.1, 0.15) is 5.78 Å². The van der Waals surface area contributed by atoms with Crippen molar-refractivity contribution in [3.8, 4) is 0 Å². The van der Waals surface area contributed by atoms with Crippen molar-refractivity contribution in [2.24, 2.45) is 0 Å². The van der Waals surface area contributed by atoms with Crippen molar-refractivity contribution in [3.63, 3.8) is 0 Å². The smallest absolute Gasteiger partial charge is 0.358 e. The highest BCUT2D eigenvalue weighted by molar-refractivity contribution is 6.33. The third-order valence-electron chi connectivity index (χ3n) is 4.37. The molecule has 1 atom stereocenters. The number of ketones is 1. The van der Waals surface area contributed by atoms with Gasteiger partial charge in [0.25, 0.3) is 0 Å². The first-order valence-corrected chi connectivity index (χ1v) is 9.02. The van der Waals surface area contributed by atoms with Crippen LogP contribution in [-0.2, 0) is 27.1 Å². The van der Waals surface area contributed by atoms with E-state index in [9.17, 15) is 14.0 Å². The molecule has 0 saturated carbocycles. The Labute approximate surface area is 170 Å². The molecular weight excluding hydrogens is 403 g/mol. The number of halogens is 2. The number of Topliss-reactive ketones (excluding diaryl/α,β-unsaturated/α-hetero) is 1. The van der Waals surface area contributed by atoms with Gasteiger partial charge in [-0.3, -0.25) is 4.79 Å². The lowest BCUT2D eigenvalue weighted by molar-refractivity contribution is -0.117. The van der Waals surface area contributed by atoms with Crippen molar-refractivity contribution >= 4 is 29.0 Å². The van der Waals surface area contributed by atoms with Crippen LogP contribution < -0.4 is 0 Å². The molecule has 10 heteroatoms. The van der Waals surface area contributed by atoms with E-state index in [1.165, 1.54) is 43.3 Å². The van der Waals surface area contributed by atoms with E-state index in [-0.39, 0.29) is 29.3 Å². The van der Waals surface area contributed by atoms with Crippen LogP contribution in [0.15, 0.2) is 24.5 Å². The van der Waals surface area contributed by atoms with Gasteiger partial charge in [-0.1, -0.05) is 11.6 Å². The van der Waals surface area contributed by atoms with Gasteiger partial charge in [0.05, 0.1) is 23.9 Å². The van der Waals surface area contributed by atoms with E-state index >= 15 is 0 Å². The average molecular weight is 421 g/mol. The van der Waals surface area contributed by atoms with E-state index in [0.29, 0.717) is 22.5 Å². The third kappa shape index (κ3) is 4.41. The van der Waals surface area contributed by atoms with Gasteiger partial charge in [-0.05, 0) is 18.6 Å². The lowest BCUT2D eigenvalue weighted by Crippen LogP contribution is -2.15. The van der Waals surface area contributed by atoms with Gasteiger partial charge in [-0.25, -0.2) is 19.3 Å². The summed E-state index contributed by atoms with van der Waals surface area (Å²) in [5.41, 5.74) is 1.98. The molecule has 0 saturated heterocycles. The SMILES string of the molecule is COC(=O)c1ncc(CC(=O)Cc2cnc3cc(F)nn3c2[C@H](C)OC)cc1Cl. The largest absolute Gasteiger partial charge is 0.464 e. The molecule has 0 radical (unpaired) electrons. The summed E-state index contributed by atoms with van der Waals surface area (Å²) in [6.45, 7) is 1.78. The Hall–Kier alpha value is -2.91. The number of carbonyl (C=O) groups is 2. The fraction of sp³-hybridized carbons (Fsp3) is 0.316. The molecule has 0 aromatic carbocycles. The third-order valence-corrected chi connectivity index (χ3v) is 4.66. The highest BCUT2D eigenvalue weighted by Gasteiger charge is 2.20. The molecular formula is C19H18ClFN4O4. The number of carbonyl (C=O) groups excluding carboxylic acids is 2. The Morgan fingerprint density at radius 3 is 2.62 bits per heavy atom. The van der Waals surface area contributed by atoms with E-state index < -0.39 is 18.0 Å². The molecule has 0 unspecified atom stereocenters. The summed E-state index contributed by atoms with van der Waals surface area (Å²) in [5, 5.41) is 3.91. The maximum atomic E-state index is 13.6. The van der Waals surface area contributed by atoms with E-state index in [4.69, 9.17) is 16.3 Å². The second-order valence-electron chi connectivity index (χ2n) is 6.34. The van der Waals surface area contributed by atoms with Crippen LogP contribution in [0.25, 0.3) is 5.65 Å². The fourth-order valence-corrected chi connectivity index (χ4v) is 3.23. The number of hydrogen-bond donors (Lipinski definition) is 0. The minimum Gasteiger partial charge on any atom is -0.464 e. The second-order valence-corrected chi connectivity index (χ2v) is 6.75. The Balaban J connectivity index is 1.85. The van der Waals surface area contributed by atoms with Crippen LogP contribution in [0, 0.1) is 5.95 Å². The highest BCUT2D eigenvalue weighted by Crippen LogP contribution is 2.23. The lowest BCUT2D eigenvalue weighted by atomic mass is 10.0. The highest BCUT2D eigenvalue weighted by atomic mass is 35.5. The molecule has 3 aromatic heterocycles. The van der Waals surface area contributed by atoms with Crippen molar-refractivity contribution in [1.29, 1.82) is 0 Å². The van der Waals surface area contributed by atoms with Crippen molar-refractivity contribution in [1.82, 2.24) is 19.6 Å². The number of aromatic nitrogens is 4. The first kappa shape index (κ1) is 20.8. The fourth-order valence-electron chi connectivity index (χ4n) is 2.96. The van der Waals surface area contributed by atoms with Crippen LogP contribution in [0.3, 0.4) is 0 Å². The number of hydrogen-bond acceptors (Lipinski definition) is 7. The van der Waals surface area contributed by atoms with Crippen LogP contribution in [0.4, 0.5) is 4.39 Å². The molecule has 0 aliphatic rings. The van der Waals surface area contributed by atoms with Crippen molar-refractivity contribution < 1.29 is 23.5 Å². The molecule has 3 heterocycles. The molecule has 0 amide bonds. The van der Waals surface area contributed by atoms with Crippen molar-refractivity contribution in [2.75, 3.05) is 14.2 Å². The molecule has 152 valence electrons. The van der Waals surface area contributed by atoms with Crippen LogP contribution in [0.2, 0.25) is 5.02 Å². The summed E-state index contributed by atoms with van der Waals surface area (Å²) in [5.74, 6) is -1.47. The van der Waals surface area contributed by atoms with Crippen LogP contribution in [0.5, 0.6) is 0 Å². The molecule has 0 bridgehead atoms. The maximum absolute atomic E-state index is 13.6. The maximum Gasteiger partial charge on any atom is 0.358 e. The topological polar surface area (TPSA) is 95.7 Å². The number of methoxy groups -OCH3 is 2. The Kier molecular flexibility index (Phi) is 6.19. The number of pyridine rings is 1. The van der Waals surface area contributed by atoms with E-state index in [1.807, 2.05) is 0 Å². The summed E-state index contributed by atoms with van der Waals surface area (Å²) in [7, 11) is 2.74. The lowest BCUT2D eigenvalue weighted by Gasteiger charge is -2.16. The number of esters is 1. The number of nitrogens with zero attached hydrogens (tertiary/aromatic N) is 4. The standard InChI is InChI=1S/C19H18ClFN4O4/c1-10(28-2)18-12(9-22-16-7-15(21)24-25(16)18)6-13(26)4-11-5-14(20)17(23-8-11)19(27)29-3/h5,7-10H,4,6H2,1-3H3/t10-/m0/s1. The number of fused-ring (bicyclic) bond motifs is 1. The molecule has 0 N–H and O–H groups in total. The number of rotatable bonds is 7.